The molecule has 0 radical (unpaired) electrons. The minimum atomic E-state index is -1.57. The molecule has 1 amide bonds. The average Bonchev–Trinajstić information content (AvgIpc) is 2.01. The Bertz CT molecular complexity index is 277. The molecule has 0 aliphatic heterocycles. The van der Waals surface area contributed by atoms with Crippen LogP contribution in [0.3, 0.4) is 0 Å². The molecule has 5 nitrogen and oxygen atoms in total. The maximum atomic E-state index is 11.7. The number of hydrogen-bond donors (Lipinski definition) is 2. The van der Waals surface area contributed by atoms with Gasteiger partial charge >= 0.3 is 5.97 Å². The molecule has 0 spiro atoms. The molecule has 0 aromatic carbocycles. The van der Waals surface area contributed by atoms with Crippen molar-refractivity contribution in [1.29, 1.82) is 0 Å². The number of hydrogen-bond acceptors (Lipinski definition) is 3. The van der Waals surface area contributed by atoms with Crippen LogP contribution in [0.5, 0.6) is 0 Å². The third-order valence-corrected chi connectivity index (χ3v) is 4.17. The number of carboxylic acids is 1. The van der Waals surface area contributed by atoms with Crippen LogP contribution in [0, 0.1) is 11.8 Å². The molecule has 0 aromatic rings. The standard InChI is InChI=1S/C9H17NO4S/c1-5(2)7(9(12)13)15(14)4-6(3)8(10)11/h5-7H,4H2,1-3H3,(H2,10,11)(H,12,13). The molecule has 0 aliphatic carbocycles. The fraction of sp³-hybridized carbons (Fsp3) is 0.778. The Hall–Kier alpha value is -0.910. The molecular weight excluding hydrogens is 218 g/mol. The third kappa shape index (κ3) is 4.42. The summed E-state index contributed by atoms with van der Waals surface area (Å²) in [5, 5.41) is 7.92. The van der Waals surface area contributed by atoms with Crippen LogP contribution in [0.1, 0.15) is 20.8 Å². The molecular formula is C9H17NO4S. The zero-order chi connectivity index (χ0) is 12.2. The highest BCUT2D eigenvalue weighted by Crippen LogP contribution is 2.12. The predicted octanol–water partition coefficient (Wildman–Crippen LogP) is -0.0343. The van der Waals surface area contributed by atoms with E-state index in [0.717, 1.165) is 0 Å². The molecule has 15 heavy (non-hydrogen) atoms. The Labute approximate surface area is 91.5 Å². The molecule has 0 rings (SSSR count). The molecule has 3 N–H and O–H groups in total. The van der Waals surface area contributed by atoms with E-state index in [0.29, 0.717) is 0 Å². The van der Waals surface area contributed by atoms with Crippen molar-refractivity contribution in [2.75, 3.05) is 5.75 Å². The quantitative estimate of drug-likeness (QED) is 0.675. The van der Waals surface area contributed by atoms with E-state index in [9.17, 15) is 13.8 Å². The Morgan fingerprint density at radius 1 is 1.33 bits per heavy atom. The van der Waals surface area contributed by atoms with Gasteiger partial charge < -0.3 is 10.8 Å². The van der Waals surface area contributed by atoms with Crippen molar-refractivity contribution in [2.45, 2.75) is 26.0 Å². The molecule has 0 aliphatic rings. The molecule has 0 fully saturated rings. The normalized spacial score (nSPS) is 17.1. The number of rotatable bonds is 6. The van der Waals surface area contributed by atoms with E-state index in [1.807, 2.05) is 0 Å². The van der Waals surface area contributed by atoms with Gasteiger partial charge in [0, 0.05) is 22.5 Å². The first-order valence-electron chi connectivity index (χ1n) is 4.66. The Kier molecular flexibility index (Phi) is 5.49. The van der Waals surface area contributed by atoms with Gasteiger partial charge in [-0.2, -0.15) is 0 Å². The van der Waals surface area contributed by atoms with Gasteiger partial charge in [0.15, 0.2) is 0 Å². The van der Waals surface area contributed by atoms with E-state index in [1.165, 1.54) is 0 Å². The lowest BCUT2D eigenvalue weighted by molar-refractivity contribution is -0.137. The third-order valence-electron chi connectivity index (χ3n) is 2.03. The largest absolute Gasteiger partial charge is 0.480 e. The Morgan fingerprint density at radius 2 is 1.80 bits per heavy atom. The monoisotopic (exact) mass is 235 g/mol. The van der Waals surface area contributed by atoms with Crippen molar-refractivity contribution in [3.63, 3.8) is 0 Å². The first-order chi connectivity index (χ1) is 6.77. The molecule has 0 aromatic heterocycles. The second-order valence-electron chi connectivity index (χ2n) is 3.85. The summed E-state index contributed by atoms with van der Waals surface area (Å²) in [5.41, 5.74) is 5.02. The van der Waals surface area contributed by atoms with Gasteiger partial charge in [0.1, 0.15) is 5.25 Å². The molecule has 6 heteroatoms. The molecule has 0 saturated heterocycles. The number of carbonyl (C=O) groups excluding carboxylic acids is 1. The maximum absolute atomic E-state index is 11.7. The molecule has 88 valence electrons. The van der Waals surface area contributed by atoms with Gasteiger partial charge in [0.2, 0.25) is 5.91 Å². The summed E-state index contributed by atoms with van der Waals surface area (Å²) in [6.45, 7) is 4.91. The van der Waals surface area contributed by atoms with Crippen molar-refractivity contribution in [3.8, 4) is 0 Å². The average molecular weight is 235 g/mol. The summed E-state index contributed by atoms with van der Waals surface area (Å²) in [7, 11) is -1.57. The number of primary amides is 1. The zero-order valence-corrected chi connectivity index (χ0v) is 9.91. The Balaban J connectivity index is 4.53. The van der Waals surface area contributed by atoms with Crippen LogP contribution in [-0.4, -0.2) is 32.2 Å². The lowest BCUT2D eigenvalue weighted by Crippen LogP contribution is -2.36. The number of aliphatic carboxylic acids is 1. The number of carboxylic acid groups (broad SMARTS) is 1. The topological polar surface area (TPSA) is 97.5 Å². The van der Waals surface area contributed by atoms with Crippen LogP contribution in [0.15, 0.2) is 0 Å². The van der Waals surface area contributed by atoms with E-state index in [4.69, 9.17) is 10.8 Å². The fourth-order valence-corrected chi connectivity index (χ4v) is 2.83. The molecule has 3 unspecified atom stereocenters. The van der Waals surface area contributed by atoms with Gasteiger partial charge in [-0.25, -0.2) is 0 Å². The van der Waals surface area contributed by atoms with E-state index in [2.05, 4.69) is 0 Å². The smallest absolute Gasteiger partial charge is 0.319 e. The van der Waals surface area contributed by atoms with E-state index in [-0.39, 0.29) is 11.7 Å². The van der Waals surface area contributed by atoms with Crippen molar-refractivity contribution < 1.29 is 18.9 Å². The van der Waals surface area contributed by atoms with E-state index < -0.39 is 33.8 Å². The van der Waals surface area contributed by atoms with Gasteiger partial charge in [0.25, 0.3) is 0 Å². The summed E-state index contributed by atoms with van der Waals surface area (Å²) in [4.78, 5) is 21.6. The molecule has 0 heterocycles. The van der Waals surface area contributed by atoms with Gasteiger partial charge in [0.05, 0.1) is 0 Å². The summed E-state index contributed by atoms with van der Waals surface area (Å²) in [6, 6.07) is 0. The van der Waals surface area contributed by atoms with Crippen LogP contribution in [0.25, 0.3) is 0 Å². The first kappa shape index (κ1) is 14.1. The number of carbonyl (C=O) groups is 2. The minimum absolute atomic E-state index is 0.00444. The highest BCUT2D eigenvalue weighted by Gasteiger charge is 2.29. The number of amides is 1. The minimum Gasteiger partial charge on any atom is -0.480 e. The van der Waals surface area contributed by atoms with Gasteiger partial charge in [-0.15, -0.1) is 0 Å². The number of nitrogens with two attached hydrogens (primary N) is 1. The van der Waals surface area contributed by atoms with Crippen LogP contribution >= 0.6 is 0 Å². The molecule has 0 bridgehead atoms. The van der Waals surface area contributed by atoms with Crippen molar-refractivity contribution in [2.24, 2.45) is 17.6 Å². The second-order valence-corrected chi connectivity index (χ2v) is 5.46. The van der Waals surface area contributed by atoms with Crippen LogP contribution < -0.4 is 5.73 Å². The highest BCUT2D eigenvalue weighted by molar-refractivity contribution is 7.86. The summed E-state index contributed by atoms with van der Waals surface area (Å²) in [5.74, 6) is -2.45. The fourth-order valence-electron chi connectivity index (χ4n) is 1.13. The van der Waals surface area contributed by atoms with Gasteiger partial charge in [-0.3, -0.25) is 13.8 Å². The lowest BCUT2D eigenvalue weighted by atomic mass is 10.1. The highest BCUT2D eigenvalue weighted by atomic mass is 32.2. The molecule has 0 saturated carbocycles. The van der Waals surface area contributed by atoms with Gasteiger partial charge in [-0.1, -0.05) is 20.8 Å². The summed E-state index contributed by atoms with van der Waals surface area (Å²) in [6.07, 6.45) is 0. The predicted molar refractivity (Wildman–Crippen MR) is 57.6 cm³/mol. The Morgan fingerprint density at radius 3 is 2.07 bits per heavy atom. The second kappa shape index (κ2) is 5.85. The van der Waals surface area contributed by atoms with Crippen molar-refractivity contribution in [1.82, 2.24) is 0 Å². The SMILES string of the molecule is CC(CS(=O)C(C(=O)O)C(C)C)C(N)=O. The van der Waals surface area contributed by atoms with E-state index >= 15 is 0 Å². The zero-order valence-electron chi connectivity index (χ0n) is 9.10. The molecule has 3 atom stereocenters. The van der Waals surface area contributed by atoms with Crippen molar-refractivity contribution in [3.05, 3.63) is 0 Å². The van der Waals surface area contributed by atoms with E-state index in [1.54, 1.807) is 20.8 Å². The van der Waals surface area contributed by atoms with Crippen molar-refractivity contribution >= 4 is 22.7 Å². The summed E-state index contributed by atoms with van der Waals surface area (Å²) < 4.78 is 11.7. The summed E-state index contributed by atoms with van der Waals surface area (Å²) >= 11 is 0. The van der Waals surface area contributed by atoms with Crippen LogP contribution in [0.2, 0.25) is 0 Å². The first-order valence-corrected chi connectivity index (χ1v) is 6.04. The van der Waals surface area contributed by atoms with Crippen LogP contribution in [0.4, 0.5) is 0 Å². The van der Waals surface area contributed by atoms with Crippen LogP contribution in [-0.2, 0) is 20.4 Å². The lowest BCUT2D eigenvalue weighted by Gasteiger charge is -2.17. The van der Waals surface area contributed by atoms with Gasteiger partial charge in [-0.05, 0) is 5.92 Å². The maximum Gasteiger partial charge on any atom is 0.319 e.